The van der Waals surface area contributed by atoms with Crippen molar-refractivity contribution in [3.8, 4) is 0 Å². The highest BCUT2D eigenvalue weighted by Crippen LogP contribution is 2.39. The number of thiocarbonyl (C=S) groups is 1. The van der Waals surface area contributed by atoms with E-state index in [-0.39, 0.29) is 20.3 Å². The Bertz CT molecular complexity index is 640. The van der Waals surface area contributed by atoms with Crippen molar-refractivity contribution in [1.82, 2.24) is 4.72 Å². The van der Waals surface area contributed by atoms with Gasteiger partial charge < -0.3 is 5.73 Å². The predicted molar refractivity (Wildman–Crippen MR) is 84.5 cm³/mol. The Labute approximate surface area is 129 Å². The summed E-state index contributed by atoms with van der Waals surface area (Å²) < 4.78 is 27.1. The van der Waals surface area contributed by atoms with Crippen molar-refractivity contribution < 1.29 is 8.42 Å². The van der Waals surface area contributed by atoms with Crippen LogP contribution in [0.15, 0.2) is 23.1 Å². The number of halogens is 1. The van der Waals surface area contributed by atoms with Crippen molar-refractivity contribution in [2.45, 2.75) is 31.1 Å². The quantitative estimate of drug-likeness (QED) is 0.812. The van der Waals surface area contributed by atoms with Gasteiger partial charge in [0.05, 0.1) is 9.92 Å². The summed E-state index contributed by atoms with van der Waals surface area (Å²) in [5, 5.41) is 0.246. The molecule has 0 radical (unpaired) electrons. The predicted octanol–water partition coefficient (Wildman–Crippen LogP) is 2.44. The zero-order valence-electron chi connectivity index (χ0n) is 11.1. The summed E-state index contributed by atoms with van der Waals surface area (Å²) in [6, 6.07) is 4.37. The van der Waals surface area contributed by atoms with Crippen molar-refractivity contribution >= 4 is 38.8 Å². The third-order valence-corrected chi connectivity index (χ3v) is 5.70. The van der Waals surface area contributed by atoms with Gasteiger partial charge in [0.15, 0.2) is 0 Å². The Kier molecular flexibility index (Phi) is 4.39. The Morgan fingerprint density at radius 3 is 2.60 bits per heavy atom. The molecule has 0 unspecified atom stereocenters. The topological polar surface area (TPSA) is 72.2 Å². The molecule has 0 aromatic heterocycles. The average Bonchev–Trinajstić information content (AvgIpc) is 2.33. The van der Waals surface area contributed by atoms with E-state index in [4.69, 9.17) is 29.6 Å². The number of hydrogen-bond donors (Lipinski definition) is 2. The Balaban J connectivity index is 2.17. The fraction of sp³-hybridized carbons (Fsp3) is 0.462. The molecule has 1 saturated carbocycles. The molecule has 7 heteroatoms. The van der Waals surface area contributed by atoms with Crippen molar-refractivity contribution in [2.24, 2.45) is 11.1 Å². The first-order valence-corrected chi connectivity index (χ1v) is 8.59. The van der Waals surface area contributed by atoms with E-state index in [1.54, 1.807) is 0 Å². The van der Waals surface area contributed by atoms with E-state index >= 15 is 0 Å². The van der Waals surface area contributed by atoms with Gasteiger partial charge in [-0.25, -0.2) is 13.1 Å². The van der Waals surface area contributed by atoms with Crippen molar-refractivity contribution in [3.63, 3.8) is 0 Å². The highest BCUT2D eigenvalue weighted by Gasteiger charge is 2.33. The van der Waals surface area contributed by atoms with Crippen LogP contribution in [0.2, 0.25) is 5.02 Å². The molecule has 0 heterocycles. The molecule has 0 spiro atoms. The van der Waals surface area contributed by atoms with Crippen LogP contribution < -0.4 is 10.5 Å². The third-order valence-electron chi connectivity index (χ3n) is 3.77. The zero-order valence-corrected chi connectivity index (χ0v) is 13.5. The van der Waals surface area contributed by atoms with Gasteiger partial charge in [-0.2, -0.15) is 0 Å². The molecule has 0 saturated heterocycles. The van der Waals surface area contributed by atoms with Gasteiger partial charge >= 0.3 is 0 Å². The monoisotopic (exact) mass is 332 g/mol. The second-order valence-corrected chi connectivity index (χ2v) is 8.11. The van der Waals surface area contributed by atoms with Crippen LogP contribution in [0.4, 0.5) is 0 Å². The zero-order chi connectivity index (χ0) is 15.0. The van der Waals surface area contributed by atoms with Gasteiger partial charge in [-0.3, -0.25) is 0 Å². The molecule has 1 aromatic rings. The molecule has 1 aliphatic carbocycles. The number of nitrogens with one attached hydrogen (secondary N) is 1. The summed E-state index contributed by atoms with van der Waals surface area (Å²) in [4.78, 5) is 0.277. The van der Waals surface area contributed by atoms with Crippen LogP contribution in [0.3, 0.4) is 0 Å². The molecule has 1 aromatic carbocycles. The van der Waals surface area contributed by atoms with E-state index in [0.29, 0.717) is 12.1 Å². The van der Waals surface area contributed by atoms with Gasteiger partial charge in [-0.15, -0.1) is 0 Å². The summed E-state index contributed by atoms with van der Waals surface area (Å²) >= 11 is 10.8. The standard InChI is InChI=1S/C13H17ClN2O2S2/c1-13(5-2-6-13)8-16-20(17,18)9-3-4-10(12(15)19)11(14)7-9/h3-4,7,16H,2,5-6,8H2,1H3,(H2,15,19). The first-order valence-electron chi connectivity index (χ1n) is 6.33. The number of benzene rings is 1. The van der Waals surface area contributed by atoms with Crippen LogP contribution in [0.25, 0.3) is 0 Å². The minimum Gasteiger partial charge on any atom is -0.389 e. The number of hydrogen-bond acceptors (Lipinski definition) is 3. The minimum atomic E-state index is -3.55. The van der Waals surface area contributed by atoms with E-state index in [1.165, 1.54) is 18.2 Å². The van der Waals surface area contributed by atoms with Crippen LogP contribution in [-0.4, -0.2) is 20.0 Å². The smallest absolute Gasteiger partial charge is 0.240 e. The van der Waals surface area contributed by atoms with Crippen LogP contribution in [0, 0.1) is 5.41 Å². The highest BCUT2D eigenvalue weighted by atomic mass is 35.5. The second kappa shape index (κ2) is 5.60. The first-order chi connectivity index (χ1) is 9.23. The third kappa shape index (κ3) is 3.31. The first kappa shape index (κ1) is 15.7. The molecule has 2 rings (SSSR count). The SMILES string of the molecule is CC1(CNS(=O)(=O)c2ccc(C(N)=S)c(Cl)c2)CCC1. The van der Waals surface area contributed by atoms with E-state index < -0.39 is 10.0 Å². The lowest BCUT2D eigenvalue weighted by Gasteiger charge is -2.38. The summed E-state index contributed by atoms with van der Waals surface area (Å²) in [7, 11) is -3.55. The molecule has 0 bridgehead atoms. The molecule has 0 aliphatic heterocycles. The number of rotatable bonds is 5. The number of nitrogens with two attached hydrogens (primary N) is 1. The highest BCUT2D eigenvalue weighted by molar-refractivity contribution is 7.89. The van der Waals surface area contributed by atoms with Crippen molar-refractivity contribution in [2.75, 3.05) is 6.54 Å². The molecule has 110 valence electrons. The van der Waals surface area contributed by atoms with Crippen LogP contribution in [-0.2, 0) is 10.0 Å². The molecule has 1 fully saturated rings. The lowest BCUT2D eigenvalue weighted by molar-refractivity contribution is 0.166. The molecule has 3 N–H and O–H groups in total. The molecule has 0 atom stereocenters. The van der Waals surface area contributed by atoms with Crippen molar-refractivity contribution in [1.29, 1.82) is 0 Å². The van der Waals surface area contributed by atoms with Gasteiger partial charge in [0, 0.05) is 12.1 Å². The lowest BCUT2D eigenvalue weighted by atomic mass is 9.71. The van der Waals surface area contributed by atoms with Gasteiger partial charge in [0.25, 0.3) is 0 Å². The fourth-order valence-corrected chi connectivity index (χ4v) is 3.98. The summed E-state index contributed by atoms with van der Waals surface area (Å²) in [5.41, 5.74) is 6.05. The molecular weight excluding hydrogens is 316 g/mol. The summed E-state index contributed by atoms with van der Waals surface area (Å²) in [5.74, 6) is 0. The van der Waals surface area contributed by atoms with E-state index in [1.807, 2.05) is 0 Å². The second-order valence-electron chi connectivity index (χ2n) is 5.49. The van der Waals surface area contributed by atoms with E-state index in [0.717, 1.165) is 19.3 Å². The van der Waals surface area contributed by atoms with Gasteiger partial charge in [-0.05, 0) is 36.5 Å². The van der Waals surface area contributed by atoms with Gasteiger partial charge in [0.1, 0.15) is 4.99 Å². The van der Waals surface area contributed by atoms with Gasteiger partial charge in [-0.1, -0.05) is 37.2 Å². The van der Waals surface area contributed by atoms with Crippen molar-refractivity contribution in [3.05, 3.63) is 28.8 Å². The van der Waals surface area contributed by atoms with Crippen LogP contribution >= 0.6 is 23.8 Å². The molecule has 4 nitrogen and oxygen atoms in total. The summed E-state index contributed by atoms with van der Waals surface area (Å²) in [6.45, 7) is 2.53. The van der Waals surface area contributed by atoms with Crippen LogP contribution in [0.1, 0.15) is 31.7 Å². The molecule has 1 aliphatic rings. The maximum atomic E-state index is 12.2. The Morgan fingerprint density at radius 2 is 2.15 bits per heavy atom. The lowest BCUT2D eigenvalue weighted by Crippen LogP contribution is -2.39. The average molecular weight is 333 g/mol. The van der Waals surface area contributed by atoms with E-state index in [2.05, 4.69) is 11.6 Å². The molecule has 0 amide bonds. The molecular formula is C13H17ClN2O2S2. The Morgan fingerprint density at radius 1 is 1.50 bits per heavy atom. The van der Waals surface area contributed by atoms with Gasteiger partial charge in [0.2, 0.25) is 10.0 Å². The maximum absolute atomic E-state index is 12.2. The molecule has 20 heavy (non-hydrogen) atoms. The normalized spacial score (nSPS) is 17.5. The van der Waals surface area contributed by atoms with Crippen LogP contribution in [0.5, 0.6) is 0 Å². The maximum Gasteiger partial charge on any atom is 0.240 e. The summed E-state index contributed by atoms with van der Waals surface area (Å²) in [6.07, 6.45) is 3.26. The minimum absolute atomic E-state index is 0.0790. The fourth-order valence-electron chi connectivity index (χ4n) is 2.17. The van der Waals surface area contributed by atoms with E-state index in [9.17, 15) is 8.42 Å². The number of sulfonamides is 1. The largest absolute Gasteiger partial charge is 0.389 e. The Hall–Kier alpha value is -0.690.